The Bertz CT molecular complexity index is 347. The van der Waals surface area contributed by atoms with Gasteiger partial charge in [0.05, 0.1) is 12.5 Å². The lowest BCUT2D eigenvalue weighted by molar-refractivity contribution is 0.379. The van der Waals surface area contributed by atoms with Gasteiger partial charge in [-0.05, 0) is 24.8 Å². The first kappa shape index (κ1) is 13.4. The largest absolute Gasteiger partial charge is 0.496 e. The van der Waals surface area contributed by atoms with Crippen molar-refractivity contribution < 1.29 is 4.74 Å². The topological polar surface area (TPSA) is 9.23 Å². The Kier molecular flexibility index (Phi) is 4.67. The van der Waals surface area contributed by atoms with Crippen LogP contribution in [0.4, 0.5) is 0 Å². The average molecular weight is 241 g/mol. The van der Waals surface area contributed by atoms with Gasteiger partial charge in [-0.15, -0.1) is 11.6 Å². The number of methoxy groups -OCH3 is 1. The zero-order valence-corrected chi connectivity index (χ0v) is 11.5. The van der Waals surface area contributed by atoms with E-state index in [4.69, 9.17) is 16.3 Å². The second-order valence-corrected chi connectivity index (χ2v) is 5.22. The molecule has 0 N–H and O–H groups in total. The summed E-state index contributed by atoms with van der Waals surface area (Å²) in [5, 5.41) is 0.00912. The molecule has 0 heterocycles. The normalized spacial score (nSPS) is 14.9. The third kappa shape index (κ3) is 2.91. The molecule has 1 aromatic carbocycles. The molecule has 0 saturated carbocycles. The minimum atomic E-state index is 0.00912. The highest BCUT2D eigenvalue weighted by Crippen LogP contribution is 2.38. The zero-order valence-electron chi connectivity index (χ0n) is 10.8. The van der Waals surface area contributed by atoms with Crippen molar-refractivity contribution in [2.24, 2.45) is 11.8 Å². The Morgan fingerprint density at radius 1 is 1.19 bits per heavy atom. The van der Waals surface area contributed by atoms with Crippen molar-refractivity contribution in [3.63, 3.8) is 0 Å². The number of ether oxygens (including phenoxy) is 1. The maximum Gasteiger partial charge on any atom is 0.123 e. The van der Waals surface area contributed by atoms with Gasteiger partial charge in [0.1, 0.15) is 5.75 Å². The lowest BCUT2D eigenvalue weighted by Crippen LogP contribution is -2.11. The van der Waals surface area contributed by atoms with Gasteiger partial charge >= 0.3 is 0 Å². The van der Waals surface area contributed by atoms with Gasteiger partial charge in [0.25, 0.3) is 0 Å². The van der Waals surface area contributed by atoms with E-state index < -0.39 is 0 Å². The van der Waals surface area contributed by atoms with Gasteiger partial charge in [-0.25, -0.2) is 0 Å². The van der Waals surface area contributed by atoms with Crippen LogP contribution in [0.5, 0.6) is 5.75 Å². The number of hydrogen-bond donors (Lipinski definition) is 0. The van der Waals surface area contributed by atoms with E-state index in [9.17, 15) is 0 Å². The Hall–Kier alpha value is -0.690. The van der Waals surface area contributed by atoms with Crippen LogP contribution < -0.4 is 4.74 Å². The number of benzene rings is 1. The molecular weight excluding hydrogens is 220 g/mol. The standard InChI is InChI=1S/C14H21ClO/c1-9(2)11(4)14(15)12-8-10(3)6-7-13(12)16-5/h6-9,11,14H,1-5H3. The molecule has 0 aromatic heterocycles. The molecule has 0 amide bonds. The molecule has 1 aromatic rings. The van der Waals surface area contributed by atoms with Crippen molar-refractivity contribution in [3.05, 3.63) is 29.3 Å². The Morgan fingerprint density at radius 2 is 1.81 bits per heavy atom. The monoisotopic (exact) mass is 240 g/mol. The quantitative estimate of drug-likeness (QED) is 0.701. The summed E-state index contributed by atoms with van der Waals surface area (Å²) in [6.07, 6.45) is 0. The molecule has 2 unspecified atom stereocenters. The fourth-order valence-electron chi connectivity index (χ4n) is 1.69. The van der Waals surface area contributed by atoms with Gasteiger partial charge in [-0.2, -0.15) is 0 Å². The summed E-state index contributed by atoms with van der Waals surface area (Å²) >= 11 is 6.53. The van der Waals surface area contributed by atoms with Gasteiger partial charge in [0.15, 0.2) is 0 Å². The molecular formula is C14H21ClO. The number of aryl methyl sites for hydroxylation is 1. The summed E-state index contributed by atoms with van der Waals surface area (Å²) in [6.45, 7) is 8.65. The van der Waals surface area contributed by atoms with E-state index in [1.807, 2.05) is 12.1 Å². The SMILES string of the molecule is COc1ccc(C)cc1C(Cl)C(C)C(C)C. The Morgan fingerprint density at radius 3 is 2.31 bits per heavy atom. The third-order valence-corrected chi connectivity index (χ3v) is 3.83. The molecule has 0 spiro atoms. The average Bonchev–Trinajstić information content (AvgIpc) is 2.26. The molecule has 0 aliphatic rings. The van der Waals surface area contributed by atoms with E-state index in [1.165, 1.54) is 5.56 Å². The van der Waals surface area contributed by atoms with Crippen LogP contribution in [0.2, 0.25) is 0 Å². The fourth-order valence-corrected chi connectivity index (χ4v) is 2.15. The van der Waals surface area contributed by atoms with Crippen LogP contribution in [0.1, 0.15) is 37.3 Å². The summed E-state index contributed by atoms with van der Waals surface area (Å²) in [5.74, 6) is 1.88. The third-order valence-electron chi connectivity index (χ3n) is 3.20. The lowest BCUT2D eigenvalue weighted by Gasteiger charge is -2.23. The Labute approximate surface area is 104 Å². The van der Waals surface area contributed by atoms with Crippen LogP contribution in [-0.4, -0.2) is 7.11 Å². The predicted octanol–water partition coefficient (Wildman–Crippen LogP) is 4.58. The van der Waals surface area contributed by atoms with Crippen molar-refractivity contribution >= 4 is 11.6 Å². The highest BCUT2D eigenvalue weighted by Gasteiger charge is 2.22. The van der Waals surface area contributed by atoms with Gasteiger partial charge in [-0.1, -0.05) is 38.5 Å². The number of hydrogen-bond acceptors (Lipinski definition) is 1. The van der Waals surface area contributed by atoms with Gasteiger partial charge in [0.2, 0.25) is 0 Å². The van der Waals surface area contributed by atoms with Crippen LogP contribution >= 0.6 is 11.6 Å². The number of alkyl halides is 1. The van der Waals surface area contributed by atoms with Crippen LogP contribution in [0, 0.1) is 18.8 Å². The van der Waals surface area contributed by atoms with Crippen molar-refractivity contribution in [2.45, 2.75) is 33.1 Å². The second-order valence-electron chi connectivity index (χ2n) is 4.75. The van der Waals surface area contributed by atoms with Gasteiger partial charge in [-0.3, -0.25) is 0 Å². The molecule has 1 rings (SSSR count). The van der Waals surface area contributed by atoms with Crippen molar-refractivity contribution in [2.75, 3.05) is 7.11 Å². The highest BCUT2D eigenvalue weighted by atomic mass is 35.5. The number of halogens is 1. The molecule has 0 fully saturated rings. The summed E-state index contributed by atoms with van der Waals surface area (Å²) in [4.78, 5) is 0. The van der Waals surface area contributed by atoms with Crippen LogP contribution in [0.3, 0.4) is 0 Å². The maximum absolute atomic E-state index is 6.53. The fraction of sp³-hybridized carbons (Fsp3) is 0.571. The van der Waals surface area contributed by atoms with E-state index >= 15 is 0 Å². The molecule has 16 heavy (non-hydrogen) atoms. The molecule has 0 radical (unpaired) electrons. The molecule has 0 bridgehead atoms. The molecule has 1 nitrogen and oxygen atoms in total. The number of rotatable bonds is 4. The molecule has 0 saturated heterocycles. The minimum Gasteiger partial charge on any atom is -0.496 e. The molecule has 90 valence electrons. The van der Waals surface area contributed by atoms with E-state index in [-0.39, 0.29) is 5.38 Å². The van der Waals surface area contributed by atoms with E-state index in [2.05, 4.69) is 33.8 Å². The van der Waals surface area contributed by atoms with Gasteiger partial charge < -0.3 is 4.74 Å². The molecule has 0 aliphatic heterocycles. The van der Waals surface area contributed by atoms with Gasteiger partial charge in [0, 0.05) is 5.56 Å². The smallest absolute Gasteiger partial charge is 0.123 e. The van der Waals surface area contributed by atoms with Crippen LogP contribution in [0.25, 0.3) is 0 Å². The van der Waals surface area contributed by atoms with Crippen LogP contribution in [-0.2, 0) is 0 Å². The maximum atomic E-state index is 6.53. The predicted molar refractivity (Wildman–Crippen MR) is 70.3 cm³/mol. The highest BCUT2D eigenvalue weighted by molar-refractivity contribution is 6.21. The lowest BCUT2D eigenvalue weighted by atomic mass is 9.89. The van der Waals surface area contributed by atoms with Crippen molar-refractivity contribution in [1.82, 2.24) is 0 Å². The summed E-state index contributed by atoms with van der Waals surface area (Å²) in [6, 6.07) is 6.16. The van der Waals surface area contributed by atoms with Crippen molar-refractivity contribution in [1.29, 1.82) is 0 Å². The molecule has 2 heteroatoms. The van der Waals surface area contributed by atoms with Crippen LogP contribution in [0.15, 0.2) is 18.2 Å². The Balaban J connectivity index is 3.05. The molecule has 2 atom stereocenters. The van der Waals surface area contributed by atoms with Crippen molar-refractivity contribution in [3.8, 4) is 5.75 Å². The van der Waals surface area contributed by atoms with E-state index in [0.717, 1.165) is 11.3 Å². The zero-order chi connectivity index (χ0) is 12.3. The minimum absolute atomic E-state index is 0.00912. The van der Waals surface area contributed by atoms with E-state index in [1.54, 1.807) is 7.11 Å². The molecule has 0 aliphatic carbocycles. The summed E-state index contributed by atoms with van der Waals surface area (Å²) < 4.78 is 5.37. The second kappa shape index (κ2) is 5.58. The first-order valence-corrected chi connectivity index (χ1v) is 6.19. The summed E-state index contributed by atoms with van der Waals surface area (Å²) in [5.41, 5.74) is 2.32. The first-order chi connectivity index (χ1) is 7.47. The first-order valence-electron chi connectivity index (χ1n) is 5.76. The van der Waals surface area contributed by atoms with E-state index in [0.29, 0.717) is 11.8 Å². The summed E-state index contributed by atoms with van der Waals surface area (Å²) in [7, 11) is 1.69.